The number of aromatic nitrogens is 2. The molecule has 2 heterocycles. The zero-order valence-electron chi connectivity index (χ0n) is 24.4. The van der Waals surface area contributed by atoms with E-state index in [9.17, 15) is 0 Å². The Kier molecular flexibility index (Phi) is 6.01. The van der Waals surface area contributed by atoms with Gasteiger partial charge in [0, 0.05) is 21.8 Å². The van der Waals surface area contributed by atoms with Crippen molar-refractivity contribution >= 4 is 44.1 Å². The summed E-state index contributed by atoms with van der Waals surface area (Å²) in [4.78, 5) is 10.3. The molecule has 2 aliphatic carbocycles. The van der Waals surface area contributed by atoms with Gasteiger partial charge in [-0.15, -0.1) is 0 Å². The fourth-order valence-electron chi connectivity index (χ4n) is 6.59. The molecule has 208 valence electrons. The number of fused-ring (bicyclic) bond motifs is 4. The van der Waals surface area contributed by atoms with Gasteiger partial charge in [0.05, 0.1) is 22.4 Å². The summed E-state index contributed by atoms with van der Waals surface area (Å²) in [5.41, 5.74) is 11.5. The average Bonchev–Trinajstić information content (AvgIpc) is 3.43. The van der Waals surface area contributed by atoms with Crippen molar-refractivity contribution in [2.45, 2.75) is 26.7 Å². The van der Waals surface area contributed by atoms with Gasteiger partial charge in [-0.05, 0) is 71.4 Å². The number of furan rings is 1. The fraction of sp³-hybridized carbons (Fsp3) is 0.150. The first-order chi connectivity index (χ1) is 21.1. The lowest BCUT2D eigenvalue weighted by Gasteiger charge is -2.33. The minimum atomic E-state index is -0.0820. The molecule has 0 fully saturated rings. The Bertz CT molecular complexity index is 2160. The van der Waals surface area contributed by atoms with Crippen LogP contribution < -0.4 is 0 Å². The van der Waals surface area contributed by atoms with Crippen molar-refractivity contribution in [2.75, 3.05) is 0 Å². The van der Waals surface area contributed by atoms with Gasteiger partial charge in [0.15, 0.2) is 0 Å². The van der Waals surface area contributed by atoms with Gasteiger partial charge in [-0.3, -0.25) is 0 Å². The third-order valence-corrected chi connectivity index (χ3v) is 9.17. The van der Waals surface area contributed by atoms with Crippen LogP contribution in [0.25, 0.3) is 55.4 Å². The van der Waals surface area contributed by atoms with E-state index in [0.717, 1.165) is 68.3 Å². The molecule has 0 N–H and O–H groups in total. The largest absolute Gasteiger partial charge is 0.456 e. The molecule has 0 amide bonds. The van der Waals surface area contributed by atoms with Crippen LogP contribution in [0.1, 0.15) is 37.9 Å². The minimum Gasteiger partial charge on any atom is -0.456 e. The smallest absolute Gasteiger partial charge is 0.136 e. The maximum Gasteiger partial charge on any atom is 0.136 e. The number of benzene rings is 4. The highest BCUT2D eigenvalue weighted by Gasteiger charge is 2.30. The van der Waals surface area contributed by atoms with Crippen LogP contribution >= 0.6 is 0 Å². The topological polar surface area (TPSA) is 38.9 Å². The lowest BCUT2D eigenvalue weighted by Crippen LogP contribution is -2.20. The summed E-state index contributed by atoms with van der Waals surface area (Å²) in [6, 6.07) is 33.5. The number of nitrogens with zero attached hydrogens (tertiary/aromatic N) is 2. The Hall–Kier alpha value is -5.02. The van der Waals surface area contributed by atoms with E-state index in [2.05, 4.69) is 105 Å². The van der Waals surface area contributed by atoms with Crippen LogP contribution in [0.4, 0.5) is 0 Å². The van der Waals surface area contributed by atoms with Crippen molar-refractivity contribution in [3.05, 3.63) is 144 Å². The maximum atomic E-state index is 6.24. The second kappa shape index (κ2) is 10.1. The summed E-state index contributed by atoms with van der Waals surface area (Å²) in [6.45, 7) is 4.67. The van der Waals surface area contributed by atoms with Gasteiger partial charge >= 0.3 is 0 Å². The van der Waals surface area contributed by atoms with Crippen LogP contribution in [-0.4, -0.2) is 9.97 Å². The zero-order valence-corrected chi connectivity index (χ0v) is 24.4. The minimum absolute atomic E-state index is 0.0820. The maximum absolute atomic E-state index is 6.24. The molecule has 4 aromatic carbocycles. The molecule has 0 spiro atoms. The lowest BCUT2D eigenvalue weighted by atomic mass is 9.71. The molecule has 3 nitrogen and oxygen atoms in total. The van der Waals surface area contributed by atoms with Gasteiger partial charge in [0.1, 0.15) is 11.2 Å². The Labute approximate surface area is 251 Å². The highest BCUT2D eigenvalue weighted by molar-refractivity contribution is 6.06. The monoisotopic (exact) mass is 556 g/mol. The van der Waals surface area contributed by atoms with E-state index in [0.29, 0.717) is 5.92 Å². The molecule has 3 heteroatoms. The average molecular weight is 557 g/mol. The van der Waals surface area contributed by atoms with Crippen molar-refractivity contribution in [3.63, 3.8) is 0 Å². The normalized spacial score (nSPS) is 20.3. The summed E-state index contributed by atoms with van der Waals surface area (Å²) in [7, 11) is 0. The number of rotatable bonds is 4. The van der Waals surface area contributed by atoms with E-state index < -0.39 is 0 Å². The summed E-state index contributed by atoms with van der Waals surface area (Å²) in [6.07, 6.45) is 13.8. The predicted octanol–water partition coefficient (Wildman–Crippen LogP) is 10.6. The zero-order chi connectivity index (χ0) is 29.0. The Balaban J connectivity index is 1.19. The first-order valence-corrected chi connectivity index (χ1v) is 15.1. The first kappa shape index (κ1) is 25.7. The van der Waals surface area contributed by atoms with E-state index in [1.165, 1.54) is 16.7 Å². The molecule has 0 aliphatic heterocycles. The molecule has 0 bridgehead atoms. The van der Waals surface area contributed by atoms with Gasteiger partial charge < -0.3 is 4.42 Å². The van der Waals surface area contributed by atoms with Crippen LogP contribution in [0.15, 0.2) is 137 Å². The fourth-order valence-corrected chi connectivity index (χ4v) is 6.59. The molecule has 2 aromatic heterocycles. The van der Waals surface area contributed by atoms with Crippen molar-refractivity contribution < 1.29 is 4.42 Å². The third-order valence-electron chi connectivity index (χ3n) is 9.17. The summed E-state index contributed by atoms with van der Waals surface area (Å²) in [5, 5.41) is 2.24. The van der Waals surface area contributed by atoms with Crippen LogP contribution in [0, 0.1) is 11.3 Å². The Morgan fingerprint density at radius 1 is 0.721 bits per heavy atom. The molecule has 0 saturated heterocycles. The molecular formula is C40H32N2O. The van der Waals surface area contributed by atoms with Gasteiger partial charge in [0.25, 0.3) is 0 Å². The quantitative estimate of drug-likeness (QED) is 0.217. The molecule has 2 aliphatic rings. The summed E-state index contributed by atoms with van der Waals surface area (Å²) in [5.74, 6) is 0.507. The van der Waals surface area contributed by atoms with E-state index >= 15 is 0 Å². The molecule has 6 aromatic rings. The first-order valence-electron chi connectivity index (χ1n) is 15.1. The molecule has 0 saturated carbocycles. The van der Waals surface area contributed by atoms with Crippen LogP contribution in [0.3, 0.4) is 0 Å². The van der Waals surface area contributed by atoms with Crippen molar-refractivity contribution in [2.24, 2.45) is 11.3 Å². The second-order valence-corrected chi connectivity index (χ2v) is 12.1. The standard InChI is InChI=1S/C40H32N2O/c1-26-16-18-30(25-33(26)27-10-4-3-5-11-27)40(2)22-20-28(21-23-40)38-39(42-35-14-8-7-13-34(35)41-38)29-17-19-32-31-12-6-9-15-36(31)43-37(32)24-29/h3-15,17-22,24-26H,16,23H2,1-2H3. The van der Waals surface area contributed by atoms with E-state index in [-0.39, 0.29) is 5.41 Å². The van der Waals surface area contributed by atoms with Crippen molar-refractivity contribution in [3.8, 4) is 11.3 Å². The summed E-state index contributed by atoms with van der Waals surface area (Å²) < 4.78 is 6.24. The van der Waals surface area contributed by atoms with Crippen LogP contribution in [0.2, 0.25) is 0 Å². The molecule has 8 rings (SSSR count). The van der Waals surface area contributed by atoms with Gasteiger partial charge in [-0.1, -0.05) is 111 Å². The third kappa shape index (κ3) is 4.44. The molecule has 2 atom stereocenters. The van der Waals surface area contributed by atoms with Crippen molar-refractivity contribution in [1.29, 1.82) is 0 Å². The molecular weight excluding hydrogens is 524 g/mol. The van der Waals surface area contributed by atoms with E-state index in [1.807, 2.05) is 36.4 Å². The highest BCUT2D eigenvalue weighted by Crippen LogP contribution is 2.45. The van der Waals surface area contributed by atoms with E-state index in [4.69, 9.17) is 14.4 Å². The predicted molar refractivity (Wildman–Crippen MR) is 178 cm³/mol. The Morgan fingerprint density at radius 2 is 1.44 bits per heavy atom. The second-order valence-electron chi connectivity index (χ2n) is 12.1. The Morgan fingerprint density at radius 3 is 2.23 bits per heavy atom. The highest BCUT2D eigenvalue weighted by atomic mass is 16.3. The van der Waals surface area contributed by atoms with Gasteiger partial charge in [-0.25, -0.2) is 9.97 Å². The number of hydrogen-bond donors (Lipinski definition) is 0. The van der Waals surface area contributed by atoms with Crippen LogP contribution in [0.5, 0.6) is 0 Å². The summed E-state index contributed by atoms with van der Waals surface area (Å²) >= 11 is 0. The number of allylic oxidation sites excluding steroid dienone is 8. The van der Waals surface area contributed by atoms with Gasteiger partial charge in [-0.2, -0.15) is 0 Å². The molecule has 0 radical (unpaired) electrons. The van der Waals surface area contributed by atoms with E-state index in [1.54, 1.807) is 0 Å². The number of para-hydroxylation sites is 3. The molecule has 43 heavy (non-hydrogen) atoms. The van der Waals surface area contributed by atoms with Gasteiger partial charge in [0.2, 0.25) is 0 Å². The molecule has 2 unspecified atom stereocenters. The SMILES string of the molecule is CC1CC=C(C2(C)C=CC(c3nc4ccccc4nc3-c3ccc4c(c3)oc3ccccc34)=CC2)C=C1c1ccccc1. The number of hydrogen-bond acceptors (Lipinski definition) is 3. The van der Waals surface area contributed by atoms with Crippen molar-refractivity contribution in [1.82, 2.24) is 9.97 Å². The van der Waals surface area contributed by atoms with Crippen LogP contribution in [-0.2, 0) is 0 Å². The lowest BCUT2D eigenvalue weighted by molar-refractivity contribution is 0.523.